The zero-order valence-electron chi connectivity index (χ0n) is 16.1. The Hall–Kier alpha value is -3.22. The second-order valence-electron chi connectivity index (χ2n) is 7.25. The number of carbonyl (C=O) groups excluding carboxylic acids is 2. The Morgan fingerprint density at radius 2 is 2.04 bits per heavy atom. The first-order valence-electron chi connectivity index (χ1n) is 9.46. The van der Waals surface area contributed by atoms with Gasteiger partial charge in [-0.05, 0) is 37.6 Å². The molecule has 2 aromatic rings. The maximum absolute atomic E-state index is 12.8. The van der Waals surface area contributed by atoms with Crippen LogP contribution < -0.4 is 20.3 Å². The van der Waals surface area contributed by atoms with Gasteiger partial charge < -0.3 is 25.2 Å². The van der Waals surface area contributed by atoms with Gasteiger partial charge in [-0.25, -0.2) is 4.79 Å². The minimum absolute atomic E-state index is 0.0116. The topological polar surface area (TPSA) is 73.9 Å². The van der Waals surface area contributed by atoms with Crippen LogP contribution in [0.1, 0.15) is 12.5 Å². The molecule has 146 valence electrons. The third kappa shape index (κ3) is 3.60. The molecule has 1 saturated heterocycles. The first-order valence-corrected chi connectivity index (χ1v) is 9.46. The minimum atomic E-state index is -0.176. The van der Waals surface area contributed by atoms with Crippen molar-refractivity contribution in [3.8, 4) is 5.75 Å². The molecule has 2 heterocycles. The van der Waals surface area contributed by atoms with Crippen molar-refractivity contribution in [2.24, 2.45) is 0 Å². The second-order valence-corrected chi connectivity index (χ2v) is 7.25. The number of nitrogens with zero attached hydrogens (tertiary/aromatic N) is 2. The predicted molar refractivity (Wildman–Crippen MR) is 109 cm³/mol. The highest BCUT2D eigenvalue weighted by Gasteiger charge is 2.28. The number of hydrogen-bond donors (Lipinski definition) is 2. The van der Waals surface area contributed by atoms with Crippen LogP contribution in [0.4, 0.5) is 21.9 Å². The molecule has 2 aliphatic heterocycles. The SMILES string of the molecule is Cc1ccccc1N1CCN(C(=O)Nc2ccc3c(c2)OCC(=O)N3)C(C)C1. The summed E-state index contributed by atoms with van der Waals surface area (Å²) in [6.45, 7) is 6.40. The van der Waals surface area contributed by atoms with E-state index in [0.29, 0.717) is 23.7 Å². The summed E-state index contributed by atoms with van der Waals surface area (Å²) in [5.41, 5.74) is 3.74. The molecule has 0 aromatic heterocycles. The van der Waals surface area contributed by atoms with Crippen LogP contribution in [0.15, 0.2) is 42.5 Å². The molecule has 0 radical (unpaired) electrons. The van der Waals surface area contributed by atoms with E-state index in [9.17, 15) is 9.59 Å². The van der Waals surface area contributed by atoms with Crippen molar-refractivity contribution in [1.29, 1.82) is 0 Å². The largest absolute Gasteiger partial charge is 0.482 e. The Balaban J connectivity index is 1.41. The Morgan fingerprint density at radius 1 is 1.21 bits per heavy atom. The van der Waals surface area contributed by atoms with Gasteiger partial charge in [-0.15, -0.1) is 0 Å². The monoisotopic (exact) mass is 380 g/mol. The average molecular weight is 380 g/mol. The van der Waals surface area contributed by atoms with Gasteiger partial charge in [-0.3, -0.25) is 4.79 Å². The molecule has 0 aliphatic carbocycles. The van der Waals surface area contributed by atoms with E-state index in [1.165, 1.54) is 11.3 Å². The smallest absolute Gasteiger partial charge is 0.322 e. The molecule has 7 heteroatoms. The molecule has 2 N–H and O–H groups in total. The second kappa shape index (κ2) is 7.42. The quantitative estimate of drug-likeness (QED) is 0.840. The van der Waals surface area contributed by atoms with Crippen LogP contribution in [0.2, 0.25) is 0 Å². The molecule has 1 atom stereocenters. The van der Waals surface area contributed by atoms with Crippen LogP contribution >= 0.6 is 0 Å². The van der Waals surface area contributed by atoms with Crippen molar-refractivity contribution in [3.05, 3.63) is 48.0 Å². The number of rotatable bonds is 2. The molecule has 0 spiro atoms. The van der Waals surface area contributed by atoms with Crippen LogP contribution in [0.25, 0.3) is 0 Å². The standard InChI is InChI=1S/C21H24N4O3/c1-14-5-3-4-6-18(14)24-9-10-25(15(2)12-24)21(27)22-16-7-8-17-19(11-16)28-13-20(26)23-17/h3-8,11,15H,9-10,12-13H2,1-2H3,(H,22,27)(H,23,26). The zero-order chi connectivity index (χ0) is 19.7. The van der Waals surface area contributed by atoms with Crippen molar-refractivity contribution < 1.29 is 14.3 Å². The van der Waals surface area contributed by atoms with E-state index < -0.39 is 0 Å². The summed E-state index contributed by atoms with van der Waals surface area (Å²) >= 11 is 0. The number of nitrogens with one attached hydrogen (secondary N) is 2. The first-order chi connectivity index (χ1) is 13.5. The van der Waals surface area contributed by atoms with Gasteiger partial charge >= 0.3 is 6.03 Å². The molecule has 1 unspecified atom stereocenters. The molecular weight excluding hydrogens is 356 g/mol. The van der Waals surface area contributed by atoms with E-state index in [1.54, 1.807) is 18.2 Å². The number of benzene rings is 2. The summed E-state index contributed by atoms with van der Waals surface area (Å²) < 4.78 is 5.42. The zero-order valence-corrected chi connectivity index (χ0v) is 16.1. The molecule has 1 fully saturated rings. The highest BCUT2D eigenvalue weighted by atomic mass is 16.5. The van der Waals surface area contributed by atoms with E-state index in [4.69, 9.17) is 4.74 Å². The molecule has 0 bridgehead atoms. The van der Waals surface area contributed by atoms with E-state index in [0.717, 1.165) is 13.1 Å². The number of amides is 3. The van der Waals surface area contributed by atoms with Crippen molar-refractivity contribution >= 4 is 29.0 Å². The molecular formula is C21H24N4O3. The van der Waals surface area contributed by atoms with Gasteiger partial charge in [0.25, 0.3) is 5.91 Å². The molecule has 7 nitrogen and oxygen atoms in total. The van der Waals surface area contributed by atoms with Crippen LogP contribution in [0, 0.1) is 6.92 Å². The lowest BCUT2D eigenvalue weighted by molar-refractivity contribution is -0.118. The maximum atomic E-state index is 12.8. The fraction of sp³-hybridized carbons (Fsp3) is 0.333. The van der Waals surface area contributed by atoms with E-state index in [-0.39, 0.29) is 24.6 Å². The predicted octanol–water partition coefficient (Wildman–Crippen LogP) is 3.07. The molecule has 0 saturated carbocycles. The normalized spacial score (nSPS) is 18.8. The highest BCUT2D eigenvalue weighted by molar-refractivity contribution is 5.96. The minimum Gasteiger partial charge on any atom is -0.482 e. The number of urea groups is 1. The van der Waals surface area contributed by atoms with Crippen molar-refractivity contribution in [2.45, 2.75) is 19.9 Å². The lowest BCUT2D eigenvalue weighted by atomic mass is 10.1. The summed E-state index contributed by atoms with van der Waals surface area (Å²) in [5, 5.41) is 5.69. The first kappa shape index (κ1) is 18.2. The van der Waals surface area contributed by atoms with Crippen molar-refractivity contribution in [1.82, 2.24) is 4.90 Å². The van der Waals surface area contributed by atoms with Gasteiger partial charge in [0.15, 0.2) is 6.61 Å². The number of carbonyl (C=O) groups is 2. The van der Waals surface area contributed by atoms with E-state index in [1.807, 2.05) is 17.0 Å². The fourth-order valence-electron chi connectivity index (χ4n) is 3.74. The highest BCUT2D eigenvalue weighted by Crippen LogP contribution is 2.31. The van der Waals surface area contributed by atoms with Gasteiger partial charge in [0.1, 0.15) is 5.75 Å². The number of piperazine rings is 1. The number of para-hydroxylation sites is 1. The van der Waals surface area contributed by atoms with Gasteiger partial charge in [-0.2, -0.15) is 0 Å². The average Bonchev–Trinajstić information content (AvgIpc) is 2.68. The third-order valence-electron chi connectivity index (χ3n) is 5.21. The number of aryl methyl sites for hydroxylation is 1. The number of hydrogen-bond acceptors (Lipinski definition) is 4. The Morgan fingerprint density at radius 3 is 2.82 bits per heavy atom. The number of ether oxygens (including phenoxy) is 1. The lowest BCUT2D eigenvalue weighted by Gasteiger charge is -2.41. The maximum Gasteiger partial charge on any atom is 0.322 e. The molecule has 2 aromatic carbocycles. The van der Waals surface area contributed by atoms with Crippen LogP contribution in [0.5, 0.6) is 5.75 Å². The summed E-state index contributed by atoms with van der Waals surface area (Å²) in [4.78, 5) is 28.3. The summed E-state index contributed by atoms with van der Waals surface area (Å²) in [6.07, 6.45) is 0. The molecule has 2 aliphatic rings. The Kier molecular flexibility index (Phi) is 4.81. The molecule has 3 amide bonds. The lowest BCUT2D eigenvalue weighted by Crippen LogP contribution is -2.55. The van der Waals surface area contributed by atoms with Crippen molar-refractivity contribution in [2.75, 3.05) is 41.8 Å². The third-order valence-corrected chi connectivity index (χ3v) is 5.21. The molecule has 4 rings (SSSR count). The van der Waals surface area contributed by atoms with Crippen LogP contribution in [-0.4, -0.2) is 49.1 Å². The van der Waals surface area contributed by atoms with Gasteiger partial charge in [-0.1, -0.05) is 18.2 Å². The van der Waals surface area contributed by atoms with Gasteiger partial charge in [0.05, 0.1) is 5.69 Å². The van der Waals surface area contributed by atoms with E-state index in [2.05, 4.69) is 41.5 Å². The van der Waals surface area contributed by atoms with Crippen molar-refractivity contribution in [3.63, 3.8) is 0 Å². The summed E-state index contributed by atoms with van der Waals surface area (Å²) in [5.74, 6) is 0.388. The molecule has 28 heavy (non-hydrogen) atoms. The Bertz CT molecular complexity index is 914. The van der Waals surface area contributed by atoms with E-state index >= 15 is 0 Å². The fourth-order valence-corrected chi connectivity index (χ4v) is 3.74. The number of fused-ring (bicyclic) bond motifs is 1. The van der Waals surface area contributed by atoms with Crippen LogP contribution in [-0.2, 0) is 4.79 Å². The summed E-state index contributed by atoms with van der Waals surface area (Å²) in [7, 11) is 0. The summed E-state index contributed by atoms with van der Waals surface area (Å²) in [6, 6.07) is 13.5. The van der Waals surface area contributed by atoms with Gasteiger partial charge in [0.2, 0.25) is 0 Å². The van der Waals surface area contributed by atoms with Gasteiger partial charge in [0, 0.05) is 43.1 Å². The Labute approximate surface area is 164 Å². The number of anilines is 3. The van der Waals surface area contributed by atoms with Crippen LogP contribution in [0.3, 0.4) is 0 Å².